The van der Waals surface area contributed by atoms with Crippen molar-refractivity contribution in [3.8, 4) is 0 Å². The van der Waals surface area contributed by atoms with Gasteiger partial charge in [0.25, 0.3) is 11.8 Å². The zero-order valence-electron chi connectivity index (χ0n) is 30.0. The van der Waals surface area contributed by atoms with Crippen LogP contribution in [0.15, 0.2) is 18.6 Å². The number of Topliss-reactive ketones (excluding diaryl/α,β-unsaturated/α-hetero) is 1. The summed E-state index contributed by atoms with van der Waals surface area (Å²) >= 11 is 0. The van der Waals surface area contributed by atoms with Crippen LogP contribution in [0.4, 0.5) is 0 Å². The molecule has 1 aromatic rings. The van der Waals surface area contributed by atoms with E-state index in [0.717, 1.165) is 19.3 Å². The van der Waals surface area contributed by atoms with Gasteiger partial charge in [0.15, 0.2) is 0 Å². The summed E-state index contributed by atoms with van der Waals surface area (Å²) in [5, 5.41) is 10.7. The molecule has 4 atom stereocenters. The van der Waals surface area contributed by atoms with Crippen LogP contribution in [0, 0.1) is 11.3 Å². The maximum atomic E-state index is 14.0. The topological polar surface area (TPSA) is 180 Å². The van der Waals surface area contributed by atoms with E-state index in [4.69, 9.17) is 0 Å². The number of likely N-dealkylation sites (tertiary alicyclic amines) is 1. The van der Waals surface area contributed by atoms with E-state index in [9.17, 15) is 28.8 Å². The predicted molar refractivity (Wildman–Crippen MR) is 193 cm³/mol. The van der Waals surface area contributed by atoms with Crippen molar-refractivity contribution in [3.63, 3.8) is 0 Å². The number of carbonyl (C=O) groups is 6. The van der Waals surface area contributed by atoms with Crippen LogP contribution >= 0.6 is 0 Å². The molecule has 2 aliphatic carbocycles. The number of amides is 5. The lowest BCUT2D eigenvalue weighted by Gasteiger charge is -2.36. The molecule has 1 aliphatic heterocycles. The normalized spacial score (nSPS) is 20.1. The van der Waals surface area contributed by atoms with Gasteiger partial charge in [-0.25, -0.2) is 4.98 Å². The number of rotatable bonds is 14. The van der Waals surface area contributed by atoms with Gasteiger partial charge in [0.05, 0.1) is 18.8 Å². The fraction of sp³-hybridized carbons (Fsp3) is 0.722. The molecule has 0 aromatic carbocycles. The lowest BCUT2D eigenvalue weighted by Crippen LogP contribution is -2.60. The first-order valence-corrected chi connectivity index (χ1v) is 18.2. The van der Waals surface area contributed by atoms with Crippen LogP contribution in [0.3, 0.4) is 0 Å². The summed E-state index contributed by atoms with van der Waals surface area (Å²) in [5.41, 5.74) is -0.677. The Morgan fingerprint density at radius 3 is 2.10 bits per heavy atom. The van der Waals surface area contributed by atoms with Crippen molar-refractivity contribution in [3.05, 3.63) is 24.3 Å². The summed E-state index contributed by atoms with van der Waals surface area (Å²) < 4.78 is 0. The Bertz CT molecular complexity index is 1290. The molecular formula is C36H65N7O6. The minimum atomic E-state index is -0.999. The van der Waals surface area contributed by atoms with Crippen molar-refractivity contribution >= 4 is 35.3 Å². The van der Waals surface area contributed by atoms with Crippen molar-refractivity contribution in [1.82, 2.24) is 36.1 Å². The van der Waals surface area contributed by atoms with E-state index in [0.29, 0.717) is 32.2 Å². The predicted octanol–water partition coefficient (Wildman–Crippen LogP) is 4.21. The van der Waals surface area contributed by atoms with Gasteiger partial charge in [-0.15, -0.1) is 0 Å². The van der Waals surface area contributed by atoms with Crippen LogP contribution in [0.2, 0.25) is 0 Å². The van der Waals surface area contributed by atoms with Gasteiger partial charge < -0.3 is 26.2 Å². The summed E-state index contributed by atoms with van der Waals surface area (Å²) in [4.78, 5) is 87.6. The average molecular weight is 692 g/mol. The van der Waals surface area contributed by atoms with Gasteiger partial charge >= 0.3 is 0 Å². The molecule has 49 heavy (non-hydrogen) atoms. The highest BCUT2D eigenvalue weighted by Gasteiger charge is 2.46. The molecule has 13 heteroatoms. The fourth-order valence-electron chi connectivity index (χ4n) is 6.34. The van der Waals surface area contributed by atoms with Gasteiger partial charge in [0.2, 0.25) is 23.5 Å². The molecule has 5 amide bonds. The van der Waals surface area contributed by atoms with Gasteiger partial charge in [-0.3, -0.25) is 33.8 Å². The molecule has 280 valence electrons. The Labute approximate surface area is 296 Å². The van der Waals surface area contributed by atoms with Crippen LogP contribution in [0.25, 0.3) is 0 Å². The Morgan fingerprint density at radius 1 is 0.918 bits per heavy atom. The quantitative estimate of drug-likeness (QED) is 0.210. The maximum absolute atomic E-state index is 14.0. The third kappa shape index (κ3) is 12.5. The average Bonchev–Trinajstić information content (AvgIpc) is 3.81. The summed E-state index contributed by atoms with van der Waals surface area (Å²) in [5.74, 6) is -3.60. The highest BCUT2D eigenvalue weighted by Crippen LogP contribution is 2.32. The summed E-state index contributed by atoms with van der Waals surface area (Å²) in [7, 11) is 0. The fourth-order valence-corrected chi connectivity index (χ4v) is 6.34. The van der Waals surface area contributed by atoms with Crippen LogP contribution < -0.4 is 21.3 Å². The smallest absolute Gasteiger partial charge is 0.289 e. The Kier molecular flexibility index (Phi) is 15.6. The third-order valence-corrected chi connectivity index (χ3v) is 9.20. The Balaban J connectivity index is 0. The van der Waals surface area contributed by atoms with Crippen LogP contribution in [-0.2, 0) is 24.0 Å². The van der Waals surface area contributed by atoms with Crippen molar-refractivity contribution in [2.24, 2.45) is 11.3 Å². The largest absolute Gasteiger partial charge is 0.347 e. The van der Waals surface area contributed by atoms with Gasteiger partial charge in [0, 0.05) is 30.7 Å². The monoisotopic (exact) mass is 691 g/mol. The van der Waals surface area contributed by atoms with E-state index in [1.807, 2.05) is 13.8 Å². The highest BCUT2D eigenvalue weighted by atomic mass is 16.2. The molecule has 0 bridgehead atoms. The van der Waals surface area contributed by atoms with E-state index in [1.165, 1.54) is 62.0 Å². The van der Waals surface area contributed by atoms with E-state index in [1.54, 1.807) is 20.8 Å². The lowest BCUT2D eigenvalue weighted by atomic mass is 9.85. The molecule has 1 aromatic heterocycles. The van der Waals surface area contributed by atoms with E-state index in [-0.39, 0.29) is 29.9 Å². The van der Waals surface area contributed by atoms with E-state index in [2.05, 4.69) is 31.2 Å². The minimum Gasteiger partial charge on any atom is -0.347 e. The molecule has 0 unspecified atom stereocenters. The van der Waals surface area contributed by atoms with Gasteiger partial charge in [-0.05, 0) is 43.4 Å². The summed E-state index contributed by atoms with van der Waals surface area (Å²) in [6, 6.07) is -2.84. The molecule has 13 nitrogen and oxygen atoms in total. The molecule has 0 spiro atoms. The molecule has 3 aliphatic rings. The molecule has 2 saturated carbocycles. The number of aromatic nitrogens is 2. The molecule has 3 fully saturated rings. The Morgan fingerprint density at radius 2 is 1.57 bits per heavy atom. The van der Waals surface area contributed by atoms with E-state index < -0.39 is 58.9 Å². The van der Waals surface area contributed by atoms with Crippen molar-refractivity contribution in [2.75, 3.05) is 13.1 Å². The molecule has 0 radical (unpaired) electrons. The van der Waals surface area contributed by atoms with Crippen LogP contribution in [-0.4, -0.2) is 87.4 Å². The third-order valence-electron chi connectivity index (χ3n) is 9.20. The van der Waals surface area contributed by atoms with Gasteiger partial charge in [0.1, 0.15) is 17.8 Å². The number of nitrogens with one attached hydrogen (secondary N) is 4. The summed E-state index contributed by atoms with van der Waals surface area (Å²) in [6.07, 6.45) is 17.7. The first kappa shape index (κ1) is 39.5. The molecule has 4 rings (SSSR count). The second-order valence-corrected chi connectivity index (χ2v) is 14.5. The second-order valence-electron chi connectivity index (χ2n) is 14.5. The van der Waals surface area contributed by atoms with Crippen molar-refractivity contribution in [1.29, 1.82) is 0 Å². The molecule has 1 saturated heterocycles. The number of hydrogen-bond donors (Lipinski definition) is 4. The lowest BCUT2D eigenvalue weighted by molar-refractivity contribution is -0.145. The first-order valence-electron chi connectivity index (χ1n) is 18.2. The van der Waals surface area contributed by atoms with Crippen molar-refractivity contribution in [2.45, 2.75) is 142 Å². The minimum absolute atomic E-state index is 0. The van der Waals surface area contributed by atoms with Crippen LogP contribution in [0.1, 0.15) is 134 Å². The molecular weight excluding hydrogens is 626 g/mol. The number of ketones is 1. The first-order chi connectivity index (χ1) is 23.4. The highest BCUT2D eigenvalue weighted by molar-refractivity contribution is 6.38. The zero-order chi connectivity index (χ0) is 36.0. The van der Waals surface area contributed by atoms with Gasteiger partial charge in [-0.2, -0.15) is 0 Å². The number of nitrogens with zero attached hydrogens (tertiary/aromatic N) is 3. The van der Waals surface area contributed by atoms with Gasteiger partial charge in [-0.1, -0.05) is 86.0 Å². The number of hydrogen-bond acceptors (Lipinski definition) is 8. The molecule has 4 N–H and O–H groups in total. The summed E-state index contributed by atoms with van der Waals surface area (Å²) in [6.45, 7) is 9.19. The van der Waals surface area contributed by atoms with E-state index >= 15 is 0 Å². The molecule has 2 heterocycles. The Hall–Kier alpha value is -3.90. The number of carbonyl (C=O) groups excluding carboxylic acids is 6. The maximum Gasteiger partial charge on any atom is 0.289 e. The zero-order valence-corrected chi connectivity index (χ0v) is 30.0. The standard InChI is InChI=1S/C30H45N7O6.C6H12.4H2/c1-6-8-18-12-15-37(23(18)27(41)35-20(9-7-2)24(39)28(42)34-19-10-11-19)29(43)25(30(3,4)5)36-22(38)17-33-26(40)21-16-31-13-14-32-21;1-2-4-6-5-3-1;;;;/h13-14,16,18-20,23,25H,6-12,15,17H2,1-5H3,(H,33,40)(H,34,42)(H,35,41)(H,36,38);1-6H2;4*1H/t18-,20-,23-,25+;;;;;/m0...../s1. The van der Waals surface area contributed by atoms with Crippen molar-refractivity contribution < 1.29 is 34.5 Å². The second kappa shape index (κ2) is 19.3. The SMILES string of the molecule is C1CCCCC1.CCC[C@H]1CCN(C(=O)[C@@H](NC(=O)CNC(=O)c2cnccn2)C(C)(C)C)[C@@H]1C(=O)N[C@@H](CCC)C(=O)C(=O)NC1CC1.[HH].[HH].[HH].[HH]. The van der Waals surface area contributed by atoms with Crippen LogP contribution in [0.5, 0.6) is 0 Å².